The molecule has 96 valence electrons. The molecule has 0 saturated heterocycles. The van der Waals surface area contributed by atoms with Gasteiger partial charge in [-0.3, -0.25) is 4.79 Å². The molecule has 1 fully saturated rings. The van der Waals surface area contributed by atoms with Crippen LogP contribution < -0.4 is 15.2 Å². The molecule has 0 aromatic heterocycles. The molecule has 0 spiro atoms. The summed E-state index contributed by atoms with van der Waals surface area (Å²) in [6.07, 6.45) is 3.82. The number of rotatable bonds is 3. The summed E-state index contributed by atoms with van der Waals surface area (Å²) in [4.78, 5) is 11.1. The minimum Gasteiger partial charge on any atom is -0.489 e. The van der Waals surface area contributed by atoms with Crippen LogP contribution >= 0.6 is 0 Å². The summed E-state index contributed by atoms with van der Waals surface area (Å²) in [7, 11) is 0. The van der Waals surface area contributed by atoms with Crippen LogP contribution in [0.4, 0.5) is 0 Å². The smallest absolute Gasteiger partial charge is 0.171 e. The van der Waals surface area contributed by atoms with Crippen molar-refractivity contribution in [1.82, 2.24) is 0 Å². The molecule has 1 aromatic rings. The van der Waals surface area contributed by atoms with Gasteiger partial charge in [0.05, 0.1) is 18.8 Å². The molecular weight excluding hydrogens is 230 g/mol. The summed E-state index contributed by atoms with van der Waals surface area (Å²) in [6.45, 7) is 1.83. The molecule has 3 rings (SSSR count). The number of hydrogen-bond acceptors (Lipinski definition) is 4. The molecule has 4 heteroatoms. The Bertz CT molecular complexity index is 480. The molecule has 1 heterocycles. The lowest BCUT2D eigenvalue weighted by molar-refractivity contribution is 0.111. The van der Waals surface area contributed by atoms with Crippen LogP contribution in [0.2, 0.25) is 0 Å². The maximum Gasteiger partial charge on any atom is 0.171 e. The quantitative estimate of drug-likeness (QED) is 0.825. The van der Waals surface area contributed by atoms with Crippen LogP contribution in [0.15, 0.2) is 12.1 Å². The fraction of sp³-hybridized carbons (Fsp3) is 0.500. The SMILES string of the molecule is NCC1(c2ccc(C=O)c3c2OCCCO3)CC1. The van der Waals surface area contributed by atoms with Crippen molar-refractivity contribution in [3.05, 3.63) is 23.3 Å². The number of aldehydes is 1. The lowest BCUT2D eigenvalue weighted by atomic mass is 9.93. The van der Waals surface area contributed by atoms with E-state index in [-0.39, 0.29) is 5.41 Å². The molecule has 1 aromatic carbocycles. The van der Waals surface area contributed by atoms with Gasteiger partial charge >= 0.3 is 0 Å². The van der Waals surface area contributed by atoms with E-state index in [1.54, 1.807) is 0 Å². The number of carbonyl (C=O) groups is 1. The van der Waals surface area contributed by atoms with Gasteiger partial charge in [0, 0.05) is 23.9 Å². The molecule has 0 unspecified atom stereocenters. The minimum absolute atomic E-state index is 0.0409. The highest BCUT2D eigenvalue weighted by Gasteiger charge is 2.46. The number of fused-ring (bicyclic) bond motifs is 1. The number of hydrogen-bond donors (Lipinski definition) is 1. The lowest BCUT2D eigenvalue weighted by Crippen LogP contribution is -2.21. The monoisotopic (exact) mass is 247 g/mol. The van der Waals surface area contributed by atoms with Crippen molar-refractivity contribution in [2.45, 2.75) is 24.7 Å². The number of nitrogens with two attached hydrogens (primary N) is 1. The van der Waals surface area contributed by atoms with Gasteiger partial charge in [0.25, 0.3) is 0 Å². The topological polar surface area (TPSA) is 61.6 Å². The standard InChI is InChI=1S/C14H17NO3/c15-9-14(4-5-14)11-3-2-10(8-16)12-13(11)18-7-1-6-17-12/h2-3,8H,1,4-7,9,15H2. The Morgan fingerprint density at radius 1 is 1.22 bits per heavy atom. The Morgan fingerprint density at radius 3 is 2.56 bits per heavy atom. The molecule has 2 N–H and O–H groups in total. The molecule has 18 heavy (non-hydrogen) atoms. The third-order valence-electron chi connectivity index (χ3n) is 3.87. The van der Waals surface area contributed by atoms with Crippen molar-refractivity contribution in [2.24, 2.45) is 5.73 Å². The second kappa shape index (κ2) is 4.28. The van der Waals surface area contributed by atoms with E-state index in [1.165, 1.54) is 0 Å². The first-order valence-corrected chi connectivity index (χ1v) is 6.39. The molecular formula is C14H17NO3. The largest absolute Gasteiger partial charge is 0.489 e. The normalized spacial score (nSPS) is 20.1. The van der Waals surface area contributed by atoms with Crippen LogP contribution in [-0.2, 0) is 5.41 Å². The zero-order chi connectivity index (χ0) is 12.6. The Balaban J connectivity index is 2.13. The van der Waals surface area contributed by atoms with Crippen LogP contribution in [0.1, 0.15) is 35.2 Å². The van der Waals surface area contributed by atoms with E-state index in [4.69, 9.17) is 15.2 Å². The van der Waals surface area contributed by atoms with E-state index < -0.39 is 0 Å². The predicted octanol–water partition coefficient (Wildman–Crippen LogP) is 1.65. The van der Waals surface area contributed by atoms with Crippen LogP contribution in [0, 0.1) is 0 Å². The van der Waals surface area contributed by atoms with Crippen molar-refractivity contribution in [3.63, 3.8) is 0 Å². The van der Waals surface area contributed by atoms with E-state index in [2.05, 4.69) is 0 Å². The third kappa shape index (κ3) is 1.68. The Kier molecular flexibility index (Phi) is 2.74. The van der Waals surface area contributed by atoms with Gasteiger partial charge in [0.1, 0.15) is 0 Å². The average molecular weight is 247 g/mol. The third-order valence-corrected chi connectivity index (χ3v) is 3.87. The fourth-order valence-electron chi connectivity index (χ4n) is 2.52. The van der Waals surface area contributed by atoms with E-state index in [9.17, 15) is 4.79 Å². The number of ether oxygens (including phenoxy) is 2. The molecule has 4 nitrogen and oxygen atoms in total. The zero-order valence-corrected chi connectivity index (χ0v) is 10.3. The summed E-state index contributed by atoms with van der Waals surface area (Å²) in [5, 5.41) is 0. The van der Waals surface area contributed by atoms with Crippen molar-refractivity contribution in [3.8, 4) is 11.5 Å². The van der Waals surface area contributed by atoms with Crippen molar-refractivity contribution >= 4 is 6.29 Å². The summed E-state index contributed by atoms with van der Waals surface area (Å²) in [6, 6.07) is 3.78. The fourth-order valence-corrected chi connectivity index (χ4v) is 2.52. The highest BCUT2D eigenvalue weighted by Crippen LogP contribution is 2.53. The summed E-state index contributed by atoms with van der Waals surface area (Å²) in [5.41, 5.74) is 7.58. The van der Waals surface area contributed by atoms with Crippen molar-refractivity contribution < 1.29 is 14.3 Å². The van der Waals surface area contributed by atoms with Gasteiger partial charge in [0.15, 0.2) is 17.8 Å². The maximum atomic E-state index is 11.1. The molecule has 2 aliphatic rings. The second-order valence-corrected chi connectivity index (χ2v) is 5.01. The first-order valence-electron chi connectivity index (χ1n) is 6.39. The van der Waals surface area contributed by atoms with Gasteiger partial charge in [-0.2, -0.15) is 0 Å². The van der Waals surface area contributed by atoms with Gasteiger partial charge < -0.3 is 15.2 Å². The summed E-state index contributed by atoms with van der Waals surface area (Å²) < 4.78 is 11.5. The average Bonchev–Trinajstić information content (AvgIpc) is 3.21. The van der Waals surface area contributed by atoms with Crippen LogP contribution in [-0.4, -0.2) is 26.0 Å². The van der Waals surface area contributed by atoms with Gasteiger partial charge in [-0.25, -0.2) is 0 Å². The van der Waals surface area contributed by atoms with Gasteiger partial charge in [-0.1, -0.05) is 6.07 Å². The van der Waals surface area contributed by atoms with E-state index in [1.807, 2.05) is 12.1 Å². The van der Waals surface area contributed by atoms with Gasteiger partial charge in [-0.15, -0.1) is 0 Å². The molecule has 0 atom stereocenters. The van der Waals surface area contributed by atoms with Gasteiger partial charge in [0.2, 0.25) is 0 Å². The second-order valence-electron chi connectivity index (χ2n) is 5.01. The van der Waals surface area contributed by atoms with Crippen molar-refractivity contribution in [2.75, 3.05) is 19.8 Å². The zero-order valence-electron chi connectivity index (χ0n) is 10.3. The molecule has 1 aliphatic heterocycles. The number of carbonyl (C=O) groups excluding carboxylic acids is 1. The summed E-state index contributed by atoms with van der Waals surface area (Å²) >= 11 is 0. The van der Waals surface area contributed by atoms with Gasteiger partial charge in [-0.05, 0) is 18.9 Å². The Hall–Kier alpha value is -1.55. The van der Waals surface area contributed by atoms with Crippen LogP contribution in [0.5, 0.6) is 11.5 Å². The Morgan fingerprint density at radius 2 is 1.94 bits per heavy atom. The molecule has 1 aliphatic carbocycles. The maximum absolute atomic E-state index is 11.1. The molecule has 1 saturated carbocycles. The van der Waals surface area contributed by atoms with Crippen LogP contribution in [0.25, 0.3) is 0 Å². The van der Waals surface area contributed by atoms with E-state index >= 15 is 0 Å². The lowest BCUT2D eigenvalue weighted by Gasteiger charge is -2.19. The first kappa shape index (κ1) is 11.5. The first-order chi connectivity index (χ1) is 8.80. The predicted molar refractivity (Wildman–Crippen MR) is 67.4 cm³/mol. The molecule has 0 bridgehead atoms. The molecule has 0 amide bonds. The van der Waals surface area contributed by atoms with E-state index in [0.29, 0.717) is 31.1 Å². The van der Waals surface area contributed by atoms with Crippen LogP contribution in [0.3, 0.4) is 0 Å². The van der Waals surface area contributed by atoms with Crippen molar-refractivity contribution in [1.29, 1.82) is 0 Å². The highest BCUT2D eigenvalue weighted by atomic mass is 16.5. The number of benzene rings is 1. The minimum atomic E-state index is 0.0409. The molecule has 0 radical (unpaired) electrons. The highest BCUT2D eigenvalue weighted by molar-refractivity contribution is 5.82. The summed E-state index contributed by atoms with van der Waals surface area (Å²) in [5.74, 6) is 1.33. The Labute approximate surface area is 106 Å². The van der Waals surface area contributed by atoms with E-state index in [0.717, 1.165) is 36.9 Å².